The molecular weight excluding hydrogens is 156 g/mol. The molecule has 0 aromatic rings. The standard InChI is InChI=1S/C5H10N2O2.ClH/c6-9-3-5(8)7-4-1-2-4;/h4H,1-3,6H2,(H,7,8);1H. The van der Waals surface area contributed by atoms with Crippen molar-refractivity contribution in [2.75, 3.05) is 6.61 Å². The normalized spacial score (nSPS) is 15.7. The summed E-state index contributed by atoms with van der Waals surface area (Å²) < 4.78 is 0. The Kier molecular flexibility index (Phi) is 4.34. The van der Waals surface area contributed by atoms with Crippen LogP contribution in [-0.2, 0) is 9.63 Å². The van der Waals surface area contributed by atoms with Crippen molar-refractivity contribution in [2.24, 2.45) is 5.90 Å². The molecule has 0 aromatic carbocycles. The average Bonchev–Trinajstić information content (AvgIpc) is 2.50. The Morgan fingerprint density at radius 2 is 2.30 bits per heavy atom. The lowest BCUT2D eigenvalue weighted by Gasteiger charge is -1.98. The van der Waals surface area contributed by atoms with Crippen molar-refractivity contribution in [3.05, 3.63) is 0 Å². The molecule has 3 N–H and O–H groups in total. The molecule has 1 aliphatic rings. The third-order valence-electron chi connectivity index (χ3n) is 1.16. The number of hydrogen-bond acceptors (Lipinski definition) is 3. The van der Waals surface area contributed by atoms with Crippen LogP contribution in [0, 0.1) is 0 Å². The summed E-state index contributed by atoms with van der Waals surface area (Å²) >= 11 is 0. The summed E-state index contributed by atoms with van der Waals surface area (Å²) in [6, 6.07) is 0.396. The van der Waals surface area contributed by atoms with Crippen LogP contribution in [0.1, 0.15) is 12.8 Å². The minimum Gasteiger partial charge on any atom is -0.351 e. The smallest absolute Gasteiger partial charge is 0.248 e. The molecule has 0 aromatic heterocycles. The molecular formula is C5H11ClN2O2. The molecule has 0 radical (unpaired) electrons. The van der Waals surface area contributed by atoms with E-state index in [2.05, 4.69) is 16.1 Å². The van der Waals surface area contributed by atoms with Gasteiger partial charge in [-0.2, -0.15) is 0 Å². The molecule has 4 nitrogen and oxygen atoms in total. The second kappa shape index (κ2) is 4.49. The Labute approximate surface area is 65.5 Å². The summed E-state index contributed by atoms with van der Waals surface area (Å²) in [5.41, 5.74) is 0. The maximum atomic E-state index is 10.6. The summed E-state index contributed by atoms with van der Waals surface area (Å²) in [4.78, 5) is 14.7. The van der Waals surface area contributed by atoms with Crippen molar-refractivity contribution in [1.29, 1.82) is 0 Å². The number of amides is 1. The second-order valence-corrected chi connectivity index (χ2v) is 2.15. The minimum absolute atomic E-state index is 0. The predicted octanol–water partition coefficient (Wildman–Crippen LogP) is -0.423. The molecule has 0 heterocycles. The summed E-state index contributed by atoms with van der Waals surface area (Å²) in [7, 11) is 0. The van der Waals surface area contributed by atoms with E-state index in [-0.39, 0.29) is 24.9 Å². The first-order valence-electron chi connectivity index (χ1n) is 2.94. The lowest BCUT2D eigenvalue weighted by Crippen LogP contribution is -2.30. The van der Waals surface area contributed by atoms with Gasteiger partial charge >= 0.3 is 0 Å². The highest BCUT2D eigenvalue weighted by Crippen LogP contribution is 2.18. The van der Waals surface area contributed by atoms with Crippen LogP contribution >= 0.6 is 12.4 Å². The fraction of sp³-hybridized carbons (Fsp3) is 0.800. The van der Waals surface area contributed by atoms with Crippen molar-refractivity contribution in [2.45, 2.75) is 18.9 Å². The van der Waals surface area contributed by atoms with Gasteiger partial charge in [0.2, 0.25) is 5.91 Å². The topological polar surface area (TPSA) is 64.3 Å². The molecule has 1 aliphatic carbocycles. The van der Waals surface area contributed by atoms with Crippen LogP contribution in [-0.4, -0.2) is 18.6 Å². The summed E-state index contributed by atoms with van der Waals surface area (Å²) in [5, 5.41) is 2.71. The van der Waals surface area contributed by atoms with Crippen LogP contribution in [0.25, 0.3) is 0 Å². The predicted molar refractivity (Wildman–Crippen MR) is 38.6 cm³/mol. The number of nitrogens with one attached hydrogen (secondary N) is 1. The number of halogens is 1. The molecule has 0 bridgehead atoms. The molecule has 5 heteroatoms. The van der Waals surface area contributed by atoms with Crippen LogP contribution in [0.5, 0.6) is 0 Å². The van der Waals surface area contributed by atoms with Gasteiger partial charge in [0.05, 0.1) is 0 Å². The lowest BCUT2D eigenvalue weighted by atomic mass is 10.6. The van der Waals surface area contributed by atoms with Crippen LogP contribution in [0.2, 0.25) is 0 Å². The van der Waals surface area contributed by atoms with Gasteiger partial charge in [-0.15, -0.1) is 12.4 Å². The number of rotatable bonds is 3. The molecule has 0 unspecified atom stereocenters. The average molecular weight is 167 g/mol. The molecule has 60 valence electrons. The Morgan fingerprint density at radius 1 is 1.70 bits per heavy atom. The summed E-state index contributed by atoms with van der Waals surface area (Å²) in [6.45, 7) is -0.0312. The Morgan fingerprint density at radius 3 is 2.70 bits per heavy atom. The maximum Gasteiger partial charge on any atom is 0.248 e. The fourth-order valence-electron chi connectivity index (χ4n) is 0.573. The van der Waals surface area contributed by atoms with Gasteiger partial charge in [0.25, 0.3) is 0 Å². The van der Waals surface area contributed by atoms with Gasteiger partial charge < -0.3 is 5.32 Å². The van der Waals surface area contributed by atoms with Crippen LogP contribution in [0.4, 0.5) is 0 Å². The zero-order valence-electron chi connectivity index (χ0n) is 5.50. The maximum absolute atomic E-state index is 10.6. The first-order chi connectivity index (χ1) is 4.33. The lowest BCUT2D eigenvalue weighted by molar-refractivity contribution is -0.125. The van der Waals surface area contributed by atoms with E-state index < -0.39 is 0 Å². The number of carbonyl (C=O) groups is 1. The monoisotopic (exact) mass is 166 g/mol. The Hall–Kier alpha value is -0.320. The Bertz CT molecular complexity index is 116. The molecule has 10 heavy (non-hydrogen) atoms. The molecule has 1 rings (SSSR count). The number of nitrogens with two attached hydrogens (primary N) is 1. The van der Waals surface area contributed by atoms with Crippen LogP contribution in [0.15, 0.2) is 0 Å². The highest BCUT2D eigenvalue weighted by atomic mass is 35.5. The molecule has 1 saturated carbocycles. The van der Waals surface area contributed by atoms with Crippen LogP contribution < -0.4 is 11.2 Å². The van der Waals surface area contributed by atoms with Gasteiger partial charge in [0, 0.05) is 6.04 Å². The molecule has 0 atom stereocenters. The van der Waals surface area contributed by atoms with E-state index in [1.54, 1.807) is 0 Å². The van der Waals surface area contributed by atoms with E-state index >= 15 is 0 Å². The van der Waals surface area contributed by atoms with Crippen LogP contribution in [0.3, 0.4) is 0 Å². The van der Waals surface area contributed by atoms with Crippen molar-refractivity contribution in [1.82, 2.24) is 5.32 Å². The third kappa shape index (κ3) is 3.66. The molecule has 0 spiro atoms. The van der Waals surface area contributed by atoms with Crippen molar-refractivity contribution in [3.63, 3.8) is 0 Å². The first-order valence-corrected chi connectivity index (χ1v) is 2.94. The Balaban J connectivity index is 0.000000810. The van der Waals surface area contributed by atoms with E-state index in [4.69, 9.17) is 0 Å². The van der Waals surface area contributed by atoms with Crippen molar-refractivity contribution < 1.29 is 9.63 Å². The van der Waals surface area contributed by atoms with Crippen molar-refractivity contribution >= 4 is 18.3 Å². The molecule has 0 saturated heterocycles. The SMILES string of the molecule is Cl.NOCC(=O)NC1CC1. The van der Waals surface area contributed by atoms with E-state index in [1.165, 1.54) is 0 Å². The summed E-state index contributed by atoms with van der Waals surface area (Å²) in [5.74, 6) is 4.54. The minimum atomic E-state index is -0.125. The molecule has 0 aliphatic heterocycles. The fourth-order valence-corrected chi connectivity index (χ4v) is 0.573. The molecule has 1 fully saturated rings. The van der Waals surface area contributed by atoms with E-state index in [0.717, 1.165) is 12.8 Å². The first kappa shape index (κ1) is 9.68. The third-order valence-corrected chi connectivity index (χ3v) is 1.16. The highest BCUT2D eigenvalue weighted by Gasteiger charge is 2.22. The molecule has 1 amide bonds. The quantitative estimate of drug-likeness (QED) is 0.560. The van der Waals surface area contributed by atoms with E-state index in [1.807, 2.05) is 0 Å². The zero-order valence-corrected chi connectivity index (χ0v) is 6.32. The van der Waals surface area contributed by atoms with Gasteiger partial charge in [-0.25, -0.2) is 5.90 Å². The zero-order chi connectivity index (χ0) is 6.69. The largest absolute Gasteiger partial charge is 0.351 e. The second-order valence-electron chi connectivity index (χ2n) is 2.15. The number of carbonyl (C=O) groups excluding carboxylic acids is 1. The van der Waals surface area contributed by atoms with Crippen molar-refractivity contribution in [3.8, 4) is 0 Å². The summed E-state index contributed by atoms with van der Waals surface area (Å²) in [6.07, 6.45) is 2.19. The van der Waals surface area contributed by atoms with Gasteiger partial charge in [-0.1, -0.05) is 0 Å². The van der Waals surface area contributed by atoms with Gasteiger partial charge in [0.15, 0.2) is 0 Å². The van der Waals surface area contributed by atoms with Gasteiger partial charge in [0.1, 0.15) is 6.61 Å². The van der Waals surface area contributed by atoms with Gasteiger partial charge in [-0.3, -0.25) is 9.63 Å². The van der Waals surface area contributed by atoms with E-state index in [9.17, 15) is 4.79 Å². The van der Waals surface area contributed by atoms with E-state index in [0.29, 0.717) is 6.04 Å². The number of hydrogen-bond donors (Lipinski definition) is 2. The highest BCUT2D eigenvalue weighted by molar-refractivity contribution is 5.85. The van der Waals surface area contributed by atoms with Gasteiger partial charge in [-0.05, 0) is 12.8 Å².